The summed E-state index contributed by atoms with van der Waals surface area (Å²) in [5, 5.41) is 3.06. The molecule has 0 aromatic heterocycles. The van der Waals surface area contributed by atoms with Crippen LogP contribution in [0.1, 0.15) is 42.6 Å². The smallest absolute Gasteiger partial charge is 0.251 e. The topological polar surface area (TPSA) is 49.4 Å². The second kappa shape index (κ2) is 6.55. The fraction of sp³-hybridized carbons (Fsp3) is 0.500. The van der Waals surface area contributed by atoms with Crippen LogP contribution in [0, 0.1) is 0 Å². The minimum Gasteiger partial charge on any atom is -0.349 e. The van der Waals surface area contributed by atoms with Crippen LogP contribution in [0.2, 0.25) is 0 Å². The van der Waals surface area contributed by atoms with E-state index in [-0.39, 0.29) is 17.9 Å². The normalized spacial score (nSPS) is 16.0. The predicted octanol–water partition coefficient (Wildman–Crippen LogP) is 1.99. The van der Waals surface area contributed by atoms with E-state index in [1.54, 1.807) is 6.92 Å². The molecule has 0 unspecified atom stereocenters. The Morgan fingerprint density at radius 1 is 1.20 bits per heavy atom. The molecular formula is C16H22N2O2. The summed E-state index contributed by atoms with van der Waals surface area (Å²) >= 11 is 0. The lowest BCUT2D eigenvalue weighted by Gasteiger charge is -2.31. The Morgan fingerprint density at radius 3 is 2.30 bits per heavy atom. The number of aryl methyl sites for hydroxylation is 1. The number of piperidine rings is 1. The van der Waals surface area contributed by atoms with Gasteiger partial charge in [0.1, 0.15) is 0 Å². The second-order valence-corrected chi connectivity index (χ2v) is 5.30. The molecule has 1 aromatic carbocycles. The van der Waals surface area contributed by atoms with Gasteiger partial charge in [0.05, 0.1) is 0 Å². The molecule has 1 N–H and O–H groups in total. The molecule has 4 nitrogen and oxygen atoms in total. The first-order chi connectivity index (χ1) is 9.60. The highest BCUT2D eigenvalue weighted by Gasteiger charge is 2.22. The summed E-state index contributed by atoms with van der Waals surface area (Å²) in [4.78, 5) is 25.2. The fourth-order valence-electron chi connectivity index (χ4n) is 2.50. The summed E-state index contributed by atoms with van der Waals surface area (Å²) in [7, 11) is 0. The van der Waals surface area contributed by atoms with Crippen LogP contribution in [-0.4, -0.2) is 35.8 Å². The van der Waals surface area contributed by atoms with Crippen molar-refractivity contribution in [3.63, 3.8) is 0 Å². The lowest BCUT2D eigenvalue weighted by atomic mass is 10.0. The third-order valence-corrected chi connectivity index (χ3v) is 3.90. The summed E-state index contributed by atoms with van der Waals surface area (Å²) in [6, 6.07) is 7.90. The first-order valence-electron chi connectivity index (χ1n) is 7.25. The zero-order valence-corrected chi connectivity index (χ0v) is 12.2. The number of carbonyl (C=O) groups excluding carboxylic acids is 2. The number of amides is 2. The molecule has 2 rings (SSSR count). The van der Waals surface area contributed by atoms with Gasteiger partial charge in [0.2, 0.25) is 5.91 Å². The summed E-state index contributed by atoms with van der Waals surface area (Å²) < 4.78 is 0. The van der Waals surface area contributed by atoms with Crippen molar-refractivity contribution in [2.24, 2.45) is 0 Å². The maximum absolute atomic E-state index is 12.1. The number of likely N-dealkylation sites (tertiary alicyclic amines) is 1. The maximum atomic E-state index is 12.1. The highest BCUT2D eigenvalue weighted by Crippen LogP contribution is 2.12. The highest BCUT2D eigenvalue weighted by atomic mass is 16.2. The first-order valence-corrected chi connectivity index (χ1v) is 7.25. The molecular weight excluding hydrogens is 252 g/mol. The van der Waals surface area contributed by atoms with Gasteiger partial charge in [0, 0.05) is 31.6 Å². The third-order valence-electron chi connectivity index (χ3n) is 3.90. The van der Waals surface area contributed by atoms with Gasteiger partial charge < -0.3 is 10.2 Å². The van der Waals surface area contributed by atoms with Crippen LogP contribution < -0.4 is 5.32 Å². The average Bonchev–Trinajstić information content (AvgIpc) is 2.48. The molecule has 20 heavy (non-hydrogen) atoms. The van der Waals surface area contributed by atoms with Gasteiger partial charge in [0.15, 0.2) is 0 Å². The molecule has 1 aromatic rings. The molecule has 0 spiro atoms. The summed E-state index contributed by atoms with van der Waals surface area (Å²) in [6.45, 7) is 5.15. The van der Waals surface area contributed by atoms with Crippen LogP contribution >= 0.6 is 0 Å². The van der Waals surface area contributed by atoms with Crippen molar-refractivity contribution in [2.75, 3.05) is 13.1 Å². The first kappa shape index (κ1) is 14.6. The van der Waals surface area contributed by atoms with Crippen molar-refractivity contribution in [3.05, 3.63) is 35.4 Å². The molecule has 1 fully saturated rings. The van der Waals surface area contributed by atoms with E-state index in [9.17, 15) is 9.59 Å². The van der Waals surface area contributed by atoms with Gasteiger partial charge in [-0.15, -0.1) is 0 Å². The van der Waals surface area contributed by atoms with Gasteiger partial charge >= 0.3 is 0 Å². The van der Waals surface area contributed by atoms with Crippen LogP contribution in [0.4, 0.5) is 0 Å². The number of nitrogens with zero attached hydrogens (tertiary/aromatic N) is 1. The predicted molar refractivity (Wildman–Crippen MR) is 78.6 cm³/mol. The lowest BCUT2D eigenvalue weighted by molar-refractivity contribution is -0.129. The highest BCUT2D eigenvalue weighted by molar-refractivity contribution is 5.94. The Kier molecular flexibility index (Phi) is 4.77. The van der Waals surface area contributed by atoms with E-state index >= 15 is 0 Å². The van der Waals surface area contributed by atoms with Crippen LogP contribution in [0.3, 0.4) is 0 Å². The van der Waals surface area contributed by atoms with E-state index < -0.39 is 0 Å². The molecule has 1 aliphatic rings. The van der Waals surface area contributed by atoms with Gasteiger partial charge in [0.25, 0.3) is 5.91 Å². The zero-order valence-electron chi connectivity index (χ0n) is 12.2. The average molecular weight is 274 g/mol. The van der Waals surface area contributed by atoms with Crippen LogP contribution in [0.15, 0.2) is 24.3 Å². The second-order valence-electron chi connectivity index (χ2n) is 5.30. The van der Waals surface area contributed by atoms with Crippen molar-refractivity contribution >= 4 is 11.8 Å². The van der Waals surface area contributed by atoms with E-state index in [1.807, 2.05) is 29.2 Å². The van der Waals surface area contributed by atoms with E-state index in [0.29, 0.717) is 5.56 Å². The Balaban J connectivity index is 1.87. The van der Waals surface area contributed by atoms with Crippen LogP contribution in [0.5, 0.6) is 0 Å². The van der Waals surface area contributed by atoms with Gasteiger partial charge in [-0.3, -0.25) is 9.59 Å². The van der Waals surface area contributed by atoms with Crippen molar-refractivity contribution in [1.82, 2.24) is 10.2 Å². The van der Waals surface area contributed by atoms with Crippen molar-refractivity contribution in [1.29, 1.82) is 0 Å². The molecule has 1 heterocycles. The Bertz CT molecular complexity index is 474. The molecule has 1 aliphatic heterocycles. The summed E-state index contributed by atoms with van der Waals surface area (Å²) in [5.41, 5.74) is 1.94. The van der Waals surface area contributed by atoms with Crippen LogP contribution in [0.25, 0.3) is 0 Å². The zero-order chi connectivity index (χ0) is 14.5. The Hall–Kier alpha value is -1.84. The molecule has 0 atom stereocenters. The molecule has 4 heteroatoms. The number of benzene rings is 1. The number of rotatable bonds is 3. The number of nitrogens with one attached hydrogen (secondary N) is 1. The van der Waals surface area contributed by atoms with Gasteiger partial charge in [-0.05, 0) is 37.0 Å². The Labute approximate surface area is 120 Å². The quantitative estimate of drug-likeness (QED) is 0.916. The van der Waals surface area contributed by atoms with E-state index in [0.717, 1.165) is 32.4 Å². The molecule has 1 saturated heterocycles. The number of carbonyl (C=O) groups is 2. The number of hydrogen-bond acceptors (Lipinski definition) is 2. The maximum Gasteiger partial charge on any atom is 0.251 e. The molecule has 0 bridgehead atoms. The minimum atomic E-state index is -0.0195. The SMILES string of the molecule is CCc1ccc(C(=O)NC2CCN(C(C)=O)CC2)cc1. The molecule has 0 aliphatic carbocycles. The summed E-state index contributed by atoms with van der Waals surface area (Å²) in [6.07, 6.45) is 2.64. The largest absolute Gasteiger partial charge is 0.349 e. The monoisotopic (exact) mass is 274 g/mol. The van der Waals surface area contributed by atoms with E-state index in [1.165, 1.54) is 5.56 Å². The van der Waals surface area contributed by atoms with E-state index in [4.69, 9.17) is 0 Å². The van der Waals surface area contributed by atoms with Gasteiger partial charge in [-0.2, -0.15) is 0 Å². The number of hydrogen-bond donors (Lipinski definition) is 1. The molecule has 0 radical (unpaired) electrons. The molecule has 0 saturated carbocycles. The van der Waals surface area contributed by atoms with E-state index in [2.05, 4.69) is 12.2 Å². The van der Waals surface area contributed by atoms with Gasteiger partial charge in [-0.25, -0.2) is 0 Å². The third kappa shape index (κ3) is 3.59. The fourth-order valence-corrected chi connectivity index (χ4v) is 2.50. The molecule has 2 amide bonds. The van der Waals surface area contributed by atoms with Crippen molar-refractivity contribution in [2.45, 2.75) is 39.2 Å². The standard InChI is InChI=1S/C16H22N2O2/c1-3-13-4-6-14(7-5-13)16(20)17-15-8-10-18(11-9-15)12(2)19/h4-7,15H,3,8-11H2,1-2H3,(H,17,20). The Morgan fingerprint density at radius 2 is 1.80 bits per heavy atom. The van der Waals surface area contributed by atoms with Gasteiger partial charge in [-0.1, -0.05) is 19.1 Å². The molecule has 108 valence electrons. The lowest BCUT2D eigenvalue weighted by Crippen LogP contribution is -2.45. The van der Waals surface area contributed by atoms with Crippen LogP contribution in [-0.2, 0) is 11.2 Å². The minimum absolute atomic E-state index is 0.0195. The van der Waals surface area contributed by atoms with Crippen molar-refractivity contribution in [3.8, 4) is 0 Å². The van der Waals surface area contributed by atoms with Crippen molar-refractivity contribution < 1.29 is 9.59 Å². The summed E-state index contributed by atoms with van der Waals surface area (Å²) in [5.74, 6) is 0.0962.